The van der Waals surface area contributed by atoms with Crippen LogP contribution in [-0.4, -0.2) is 42.9 Å². The molecule has 0 atom stereocenters. The zero-order valence-electron chi connectivity index (χ0n) is 6.72. The predicted octanol–water partition coefficient (Wildman–Crippen LogP) is -0.412. The number of nitrogens with one attached hydrogen (secondary N) is 1. The molecular weight excluding hydrogens is 132 g/mol. The number of quaternary nitrogens is 1. The van der Waals surface area contributed by atoms with E-state index in [0.29, 0.717) is 13.1 Å². The van der Waals surface area contributed by atoms with Crippen LogP contribution in [0.15, 0.2) is 0 Å². The number of likely N-dealkylation sites (N-methyl/N-ethyl adjacent to an activating group) is 1. The summed E-state index contributed by atoms with van der Waals surface area (Å²) in [6.45, 7) is 2.50. The van der Waals surface area contributed by atoms with Crippen molar-refractivity contribution in [2.75, 3.05) is 27.2 Å². The summed E-state index contributed by atoms with van der Waals surface area (Å²) in [4.78, 5) is 10.3. The number of carbonyl (C=O) groups excluding carboxylic acids is 1. The lowest BCUT2D eigenvalue weighted by Gasteiger charge is -2.18. The SMILES string of the molecule is CC(=O)NCC[N+](C)(C)O. The Balaban J connectivity index is 3.29. The molecule has 0 aliphatic carbocycles. The van der Waals surface area contributed by atoms with Crippen LogP contribution in [-0.2, 0) is 4.79 Å². The molecule has 60 valence electrons. The van der Waals surface area contributed by atoms with Crippen molar-refractivity contribution in [1.82, 2.24) is 5.32 Å². The van der Waals surface area contributed by atoms with Gasteiger partial charge in [-0.3, -0.25) is 4.79 Å². The van der Waals surface area contributed by atoms with Crippen molar-refractivity contribution >= 4 is 5.91 Å². The minimum atomic E-state index is -0.111. The minimum Gasteiger partial charge on any atom is -0.351 e. The van der Waals surface area contributed by atoms with Crippen molar-refractivity contribution in [3.8, 4) is 0 Å². The second-order valence-electron chi connectivity index (χ2n) is 2.83. The monoisotopic (exact) mass is 147 g/mol. The van der Waals surface area contributed by atoms with Gasteiger partial charge in [0.15, 0.2) is 0 Å². The van der Waals surface area contributed by atoms with Crippen LogP contribution in [0.25, 0.3) is 0 Å². The van der Waals surface area contributed by atoms with Crippen LogP contribution in [0, 0.1) is 0 Å². The lowest BCUT2D eigenvalue weighted by molar-refractivity contribution is -1.07. The van der Waals surface area contributed by atoms with E-state index in [2.05, 4.69) is 5.32 Å². The molecule has 0 aliphatic rings. The molecule has 1 amide bonds. The Morgan fingerprint density at radius 2 is 2.10 bits per heavy atom. The molecule has 0 aliphatic heterocycles. The number of nitrogens with zero attached hydrogens (tertiary/aromatic N) is 1. The fourth-order valence-corrected chi connectivity index (χ4v) is 0.506. The molecular formula is C6H15N2O2+. The molecule has 0 rings (SSSR count). The van der Waals surface area contributed by atoms with Crippen LogP contribution < -0.4 is 5.32 Å². The van der Waals surface area contributed by atoms with Crippen molar-refractivity contribution in [1.29, 1.82) is 0 Å². The van der Waals surface area contributed by atoms with Crippen molar-refractivity contribution in [2.45, 2.75) is 6.92 Å². The van der Waals surface area contributed by atoms with Crippen molar-refractivity contribution in [3.05, 3.63) is 0 Å². The Morgan fingerprint density at radius 3 is 2.40 bits per heavy atom. The third-order valence-corrected chi connectivity index (χ3v) is 1.03. The highest BCUT2D eigenvalue weighted by Crippen LogP contribution is 1.84. The summed E-state index contributed by atoms with van der Waals surface area (Å²) in [5.74, 6) is -0.0616. The van der Waals surface area contributed by atoms with Crippen LogP contribution in [0.2, 0.25) is 0 Å². The van der Waals surface area contributed by atoms with Gasteiger partial charge in [0.25, 0.3) is 0 Å². The summed E-state index contributed by atoms with van der Waals surface area (Å²) in [6.07, 6.45) is 0. The van der Waals surface area contributed by atoms with E-state index in [1.807, 2.05) is 0 Å². The number of hydrogen-bond donors (Lipinski definition) is 2. The Labute approximate surface area is 61.0 Å². The summed E-state index contributed by atoms with van der Waals surface area (Å²) in [5.41, 5.74) is 0. The summed E-state index contributed by atoms with van der Waals surface area (Å²) in [5, 5.41) is 11.7. The molecule has 0 saturated carbocycles. The normalized spacial score (nSPS) is 11.2. The maximum Gasteiger partial charge on any atom is 0.217 e. The Hall–Kier alpha value is -0.610. The first-order valence-corrected chi connectivity index (χ1v) is 3.22. The maximum atomic E-state index is 10.3. The fourth-order valence-electron chi connectivity index (χ4n) is 0.506. The van der Waals surface area contributed by atoms with Crippen molar-refractivity contribution in [2.24, 2.45) is 0 Å². The standard InChI is InChI=1S/C6H14N2O2/c1-6(9)7-4-5-8(2,3)10/h10H,4-5H2,1-3H3/p+1. The third-order valence-electron chi connectivity index (χ3n) is 1.03. The minimum absolute atomic E-state index is 0.0616. The molecule has 0 unspecified atom stereocenters. The number of amides is 1. The fraction of sp³-hybridized carbons (Fsp3) is 0.833. The molecule has 0 aromatic heterocycles. The largest absolute Gasteiger partial charge is 0.351 e. The van der Waals surface area contributed by atoms with E-state index in [1.54, 1.807) is 14.1 Å². The van der Waals surface area contributed by atoms with Gasteiger partial charge in [-0.05, 0) is 0 Å². The Bertz CT molecular complexity index is 117. The van der Waals surface area contributed by atoms with Gasteiger partial charge in [-0.15, -0.1) is 0 Å². The Morgan fingerprint density at radius 1 is 1.60 bits per heavy atom. The van der Waals surface area contributed by atoms with Gasteiger partial charge in [0, 0.05) is 6.92 Å². The highest BCUT2D eigenvalue weighted by atomic mass is 16.5. The first-order chi connectivity index (χ1) is 4.42. The van der Waals surface area contributed by atoms with Crippen LogP contribution in [0.3, 0.4) is 0 Å². The van der Waals surface area contributed by atoms with Crippen LogP contribution in [0.1, 0.15) is 6.92 Å². The molecule has 2 N–H and O–H groups in total. The van der Waals surface area contributed by atoms with E-state index < -0.39 is 0 Å². The lowest BCUT2D eigenvalue weighted by atomic mass is 10.5. The first kappa shape index (κ1) is 9.39. The second kappa shape index (κ2) is 3.53. The molecule has 10 heavy (non-hydrogen) atoms. The van der Waals surface area contributed by atoms with Gasteiger partial charge >= 0.3 is 0 Å². The van der Waals surface area contributed by atoms with Crippen molar-refractivity contribution < 1.29 is 14.6 Å². The maximum absolute atomic E-state index is 10.3. The van der Waals surface area contributed by atoms with Gasteiger partial charge in [0.2, 0.25) is 5.91 Å². The summed E-state index contributed by atoms with van der Waals surface area (Å²) >= 11 is 0. The number of hydrogen-bond acceptors (Lipinski definition) is 2. The molecule has 0 heterocycles. The van der Waals surface area contributed by atoms with Gasteiger partial charge in [0.05, 0.1) is 20.6 Å². The van der Waals surface area contributed by atoms with Crippen LogP contribution >= 0.6 is 0 Å². The molecule has 0 spiro atoms. The smallest absolute Gasteiger partial charge is 0.217 e. The van der Waals surface area contributed by atoms with Crippen LogP contribution in [0.4, 0.5) is 0 Å². The summed E-state index contributed by atoms with van der Waals surface area (Å²) < 4.78 is -0.111. The van der Waals surface area contributed by atoms with E-state index >= 15 is 0 Å². The third kappa shape index (κ3) is 7.39. The van der Waals surface area contributed by atoms with Crippen molar-refractivity contribution in [3.63, 3.8) is 0 Å². The highest BCUT2D eigenvalue weighted by molar-refractivity contribution is 5.72. The Kier molecular flexibility index (Phi) is 3.32. The number of carbonyl (C=O) groups is 1. The molecule has 4 nitrogen and oxygen atoms in total. The summed E-state index contributed by atoms with van der Waals surface area (Å²) in [6, 6.07) is 0. The zero-order chi connectivity index (χ0) is 8.20. The quantitative estimate of drug-likeness (QED) is 0.421. The number of hydroxylamine groups is 3. The topological polar surface area (TPSA) is 49.3 Å². The molecule has 0 bridgehead atoms. The highest BCUT2D eigenvalue weighted by Gasteiger charge is 2.08. The predicted molar refractivity (Wildman–Crippen MR) is 37.4 cm³/mol. The molecule has 0 radical (unpaired) electrons. The van der Waals surface area contributed by atoms with Crippen LogP contribution in [0.5, 0.6) is 0 Å². The zero-order valence-corrected chi connectivity index (χ0v) is 6.72. The van der Waals surface area contributed by atoms with E-state index in [-0.39, 0.29) is 10.6 Å². The van der Waals surface area contributed by atoms with Gasteiger partial charge < -0.3 is 5.32 Å². The van der Waals surface area contributed by atoms with Gasteiger partial charge in [-0.1, -0.05) is 0 Å². The van der Waals surface area contributed by atoms with Gasteiger partial charge in [-0.25, -0.2) is 5.21 Å². The summed E-state index contributed by atoms with van der Waals surface area (Å²) in [7, 11) is 3.31. The lowest BCUT2D eigenvalue weighted by Crippen LogP contribution is -2.42. The van der Waals surface area contributed by atoms with E-state index in [9.17, 15) is 4.79 Å². The van der Waals surface area contributed by atoms with Gasteiger partial charge in [-0.2, -0.15) is 4.65 Å². The number of rotatable bonds is 3. The average molecular weight is 147 g/mol. The van der Waals surface area contributed by atoms with E-state index in [0.717, 1.165) is 0 Å². The van der Waals surface area contributed by atoms with E-state index in [1.165, 1.54) is 6.92 Å². The molecule has 0 aromatic carbocycles. The van der Waals surface area contributed by atoms with E-state index in [4.69, 9.17) is 5.21 Å². The molecule has 0 aromatic rings. The molecule has 0 saturated heterocycles. The average Bonchev–Trinajstić information content (AvgIpc) is 1.59. The molecule has 4 heteroatoms. The second-order valence-corrected chi connectivity index (χ2v) is 2.83. The first-order valence-electron chi connectivity index (χ1n) is 3.22. The van der Waals surface area contributed by atoms with Gasteiger partial charge in [0.1, 0.15) is 6.54 Å². The molecule has 0 fully saturated rings.